The molecule has 0 radical (unpaired) electrons. The van der Waals surface area contributed by atoms with Gasteiger partial charge in [0.15, 0.2) is 0 Å². The molecule has 1 heterocycles. The van der Waals surface area contributed by atoms with Gasteiger partial charge in [0.1, 0.15) is 11.5 Å². The van der Waals surface area contributed by atoms with Gasteiger partial charge >= 0.3 is 35.7 Å². The second-order valence-electron chi connectivity index (χ2n) is 4.48. The molecule has 1 aromatic carbocycles. The second kappa shape index (κ2) is 6.93. The van der Waals surface area contributed by atoms with Crippen molar-refractivity contribution in [2.45, 2.75) is 25.6 Å². The van der Waals surface area contributed by atoms with Crippen LogP contribution in [0, 0.1) is 0 Å². The summed E-state index contributed by atoms with van der Waals surface area (Å²) in [6, 6.07) is 2.87. The smallest absolute Gasteiger partial charge is 0.545 e. The molecule has 1 aliphatic rings. The zero-order chi connectivity index (χ0) is 15.8. The summed E-state index contributed by atoms with van der Waals surface area (Å²) in [5.74, 6) is -1.59. The maximum Gasteiger partial charge on any atom is 1.00 e. The third-order valence-electron chi connectivity index (χ3n) is 3.17. The van der Waals surface area contributed by atoms with Gasteiger partial charge in [-0.1, -0.05) is 6.92 Å². The number of carbonyl (C=O) groups excluding carboxylic acids is 1. The Hall–Kier alpha value is -1.18. The number of fused-ring (bicyclic) bond motifs is 1. The Bertz CT molecular complexity index is 611. The Morgan fingerprint density at radius 1 is 1.41 bits per heavy atom. The van der Waals surface area contributed by atoms with Gasteiger partial charge in [-0.05, 0) is 24.1 Å². The summed E-state index contributed by atoms with van der Waals surface area (Å²) in [5.41, 5.74) is 0.0498. The third-order valence-corrected chi connectivity index (χ3v) is 3.17. The van der Waals surface area contributed by atoms with Crippen LogP contribution in [0.3, 0.4) is 0 Å². The molecule has 2 rings (SSSR count). The van der Waals surface area contributed by atoms with Crippen LogP contribution in [0.25, 0.3) is 6.08 Å². The fourth-order valence-corrected chi connectivity index (χ4v) is 2.15. The Balaban J connectivity index is 0.00000242. The van der Waals surface area contributed by atoms with E-state index in [2.05, 4.69) is 0 Å². The number of aryl methyl sites for hydroxylation is 1. The number of methoxy groups -OCH3 is 1. The quantitative estimate of drug-likeness (QED) is 0.650. The van der Waals surface area contributed by atoms with Crippen LogP contribution in [0.5, 0.6) is 11.5 Å². The molecule has 1 aromatic rings. The van der Waals surface area contributed by atoms with Crippen molar-refractivity contribution >= 4 is 12.0 Å². The summed E-state index contributed by atoms with van der Waals surface area (Å²) in [4.78, 5) is 10.9. The van der Waals surface area contributed by atoms with E-state index in [1.807, 2.05) is 6.92 Å². The first-order valence-electron chi connectivity index (χ1n) is 6.15. The molecule has 0 amide bonds. The first-order valence-corrected chi connectivity index (χ1v) is 6.15. The number of rotatable bonds is 3. The number of carboxylic acid groups (broad SMARTS) is 1. The van der Waals surface area contributed by atoms with E-state index in [-0.39, 0.29) is 40.9 Å². The number of hydrogen-bond donors (Lipinski definition) is 0. The Kier molecular flexibility index (Phi) is 5.95. The first-order chi connectivity index (χ1) is 9.77. The molecule has 1 aliphatic heterocycles. The van der Waals surface area contributed by atoms with Gasteiger partial charge in [0, 0.05) is 17.2 Å². The molecule has 4 nitrogen and oxygen atoms in total. The van der Waals surface area contributed by atoms with Crippen LogP contribution in [0.2, 0.25) is 0 Å². The predicted molar refractivity (Wildman–Crippen MR) is 65.8 cm³/mol. The minimum atomic E-state index is -4.85. The van der Waals surface area contributed by atoms with Crippen LogP contribution < -0.4 is 44.1 Å². The van der Waals surface area contributed by atoms with Gasteiger partial charge in [0.05, 0.1) is 13.1 Å². The number of alkyl halides is 3. The number of benzene rings is 1. The fraction of sp³-hybridized carbons (Fsp3) is 0.357. The molecule has 8 heteroatoms. The number of carbonyl (C=O) groups is 1. The Morgan fingerprint density at radius 3 is 2.50 bits per heavy atom. The second-order valence-corrected chi connectivity index (χ2v) is 4.48. The van der Waals surface area contributed by atoms with Gasteiger partial charge < -0.3 is 19.4 Å². The van der Waals surface area contributed by atoms with Crippen molar-refractivity contribution in [3.8, 4) is 11.5 Å². The average molecular weight is 324 g/mol. The summed E-state index contributed by atoms with van der Waals surface area (Å²) < 4.78 is 48.6. The van der Waals surface area contributed by atoms with Gasteiger partial charge in [0.25, 0.3) is 0 Å². The van der Waals surface area contributed by atoms with E-state index in [4.69, 9.17) is 9.47 Å². The van der Waals surface area contributed by atoms with Crippen LogP contribution in [0.1, 0.15) is 18.1 Å². The maximum absolute atomic E-state index is 12.9. The van der Waals surface area contributed by atoms with Crippen molar-refractivity contribution in [2.75, 3.05) is 7.11 Å². The van der Waals surface area contributed by atoms with E-state index in [0.29, 0.717) is 12.2 Å². The van der Waals surface area contributed by atoms with E-state index in [1.165, 1.54) is 13.2 Å². The normalized spacial score (nSPS) is 16.8. The summed E-state index contributed by atoms with van der Waals surface area (Å²) in [7, 11) is 1.40. The number of aliphatic carboxylic acids is 1. The standard InChI is InChI=1S/C14H13F3O4.Na/c1-3-7-4-8-5-9(13(18)19)12(14(15,16)17)21-11(8)6-10(7)20-2;/h4-6,12H,3H2,1-2H3,(H,18,19);/q;+1/p-1. The third kappa shape index (κ3) is 3.59. The molecule has 114 valence electrons. The Labute approximate surface area is 147 Å². The molecule has 0 saturated heterocycles. The van der Waals surface area contributed by atoms with E-state index in [9.17, 15) is 23.1 Å². The van der Waals surface area contributed by atoms with Crippen LogP contribution in [0.4, 0.5) is 13.2 Å². The summed E-state index contributed by atoms with van der Waals surface area (Å²) >= 11 is 0. The Morgan fingerprint density at radius 2 is 2.05 bits per heavy atom. The summed E-state index contributed by atoms with van der Waals surface area (Å²) in [6.45, 7) is 1.84. The molecule has 22 heavy (non-hydrogen) atoms. The van der Waals surface area contributed by atoms with Crippen molar-refractivity contribution in [1.29, 1.82) is 0 Å². The molecule has 0 spiro atoms. The topological polar surface area (TPSA) is 58.6 Å². The molecule has 1 atom stereocenters. The predicted octanol–water partition coefficient (Wildman–Crippen LogP) is -1.28. The average Bonchev–Trinajstić information content (AvgIpc) is 2.43. The minimum Gasteiger partial charge on any atom is -0.545 e. The minimum absolute atomic E-state index is 0. The van der Waals surface area contributed by atoms with E-state index in [1.54, 1.807) is 6.07 Å². The van der Waals surface area contributed by atoms with Crippen LogP contribution >= 0.6 is 0 Å². The van der Waals surface area contributed by atoms with E-state index < -0.39 is 23.8 Å². The van der Waals surface area contributed by atoms with Crippen molar-refractivity contribution < 1.29 is 62.1 Å². The summed E-state index contributed by atoms with van der Waals surface area (Å²) in [6.07, 6.45) is -5.88. The molecule has 0 N–H and O–H groups in total. The number of ether oxygens (including phenoxy) is 2. The fourth-order valence-electron chi connectivity index (χ4n) is 2.15. The monoisotopic (exact) mass is 324 g/mol. The van der Waals surface area contributed by atoms with E-state index >= 15 is 0 Å². The molecule has 0 bridgehead atoms. The largest absolute Gasteiger partial charge is 1.00 e. The number of carboxylic acids is 1. The summed E-state index contributed by atoms with van der Waals surface area (Å²) in [5, 5.41) is 10.9. The van der Waals surface area contributed by atoms with Gasteiger partial charge in [-0.15, -0.1) is 0 Å². The van der Waals surface area contributed by atoms with Gasteiger partial charge in [-0.25, -0.2) is 0 Å². The molecule has 0 aliphatic carbocycles. The van der Waals surface area contributed by atoms with Gasteiger partial charge in [0.2, 0.25) is 6.10 Å². The maximum atomic E-state index is 12.9. The van der Waals surface area contributed by atoms with Crippen molar-refractivity contribution in [1.82, 2.24) is 0 Å². The number of hydrogen-bond acceptors (Lipinski definition) is 4. The molecule has 0 fully saturated rings. The van der Waals surface area contributed by atoms with Gasteiger partial charge in [-0.2, -0.15) is 13.2 Å². The molecule has 0 saturated carbocycles. The SMILES string of the molecule is CCc1cc2c(cc1OC)OC(C(F)(F)F)C(C(=O)[O-])=C2.[Na+]. The number of halogens is 3. The molecular weight excluding hydrogens is 312 g/mol. The zero-order valence-electron chi connectivity index (χ0n) is 12.3. The zero-order valence-corrected chi connectivity index (χ0v) is 14.3. The van der Waals surface area contributed by atoms with Crippen molar-refractivity contribution in [3.05, 3.63) is 28.8 Å². The van der Waals surface area contributed by atoms with Crippen LogP contribution in [0.15, 0.2) is 17.7 Å². The van der Waals surface area contributed by atoms with E-state index in [0.717, 1.165) is 11.6 Å². The van der Waals surface area contributed by atoms with Crippen LogP contribution in [-0.4, -0.2) is 25.4 Å². The van der Waals surface area contributed by atoms with Gasteiger partial charge in [-0.3, -0.25) is 0 Å². The molecule has 1 unspecified atom stereocenters. The van der Waals surface area contributed by atoms with Crippen molar-refractivity contribution in [3.63, 3.8) is 0 Å². The van der Waals surface area contributed by atoms with Crippen molar-refractivity contribution in [2.24, 2.45) is 0 Å². The molecular formula is C14H12F3NaO4. The first kappa shape index (κ1) is 18.9. The van der Waals surface area contributed by atoms with Crippen LogP contribution in [-0.2, 0) is 11.2 Å². The molecule has 0 aromatic heterocycles.